The highest BCUT2D eigenvalue weighted by Crippen LogP contribution is 2.26. The van der Waals surface area contributed by atoms with Crippen LogP contribution >= 0.6 is 0 Å². The molecule has 0 aromatic heterocycles. The van der Waals surface area contributed by atoms with Gasteiger partial charge >= 0.3 is 0 Å². The second-order valence-corrected chi connectivity index (χ2v) is 5.53. The van der Waals surface area contributed by atoms with Gasteiger partial charge in [0.2, 0.25) is 0 Å². The van der Waals surface area contributed by atoms with Crippen molar-refractivity contribution in [1.82, 2.24) is 4.90 Å². The molecule has 2 N–H and O–H groups in total. The van der Waals surface area contributed by atoms with Crippen molar-refractivity contribution >= 4 is 5.69 Å². The quantitative estimate of drug-likeness (QED) is 0.897. The summed E-state index contributed by atoms with van der Waals surface area (Å²) < 4.78 is 14.2. The molecule has 0 saturated carbocycles. The van der Waals surface area contributed by atoms with Gasteiger partial charge in [0.05, 0.1) is 0 Å². The average molecular weight is 279 g/mol. The Morgan fingerprint density at radius 1 is 1.20 bits per heavy atom. The Labute approximate surface area is 121 Å². The molecule has 1 atom stereocenters. The van der Waals surface area contributed by atoms with Crippen LogP contribution < -0.4 is 10.6 Å². The van der Waals surface area contributed by atoms with E-state index in [4.69, 9.17) is 5.73 Å². The zero-order valence-corrected chi connectivity index (χ0v) is 12.6. The van der Waals surface area contributed by atoms with Gasteiger partial charge in [-0.05, 0) is 31.5 Å². The highest BCUT2D eigenvalue weighted by Gasteiger charge is 2.20. The molecule has 1 heterocycles. The van der Waals surface area contributed by atoms with Crippen LogP contribution in [-0.4, -0.2) is 43.7 Å². The van der Waals surface area contributed by atoms with Gasteiger partial charge in [-0.2, -0.15) is 0 Å². The van der Waals surface area contributed by atoms with Gasteiger partial charge in [-0.3, -0.25) is 0 Å². The Morgan fingerprint density at radius 3 is 2.50 bits per heavy atom. The van der Waals surface area contributed by atoms with Crippen molar-refractivity contribution in [1.29, 1.82) is 0 Å². The number of hydrogen-bond donors (Lipinski definition) is 1. The number of likely N-dealkylation sites (N-methyl/N-ethyl adjacent to an activating group) is 1. The van der Waals surface area contributed by atoms with E-state index in [0.717, 1.165) is 50.4 Å². The third-order valence-corrected chi connectivity index (χ3v) is 4.25. The molecular formula is C16H26FN3. The summed E-state index contributed by atoms with van der Waals surface area (Å²) in [5.41, 5.74) is 7.84. The van der Waals surface area contributed by atoms with Gasteiger partial charge in [0, 0.05) is 43.5 Å². The molecule has 0 spiro atoms. The number of anilines is 1. The van der Waals surface area contributed by atoms with Crippen LogP contribution in [0.2, 0.25) is 0 Å². The molecule has 112 valence electrons. The Hall–Kier alpha value is -1.13. The van der Waals surface area contributed by atoms with E-state index < -0.39 is 0 Å². The molecular weight excluding hydrogens is 253 g/mol. The average Bonchev–Trinajstić information content (AvgIpc) is 2.49. The van der Waals surface area contributed by atoms with Gasteiger partial charge in [-0.1, -0.05) is 19.9 Å². The molecule has 20 heavy (non-hydrogen) atoms. The third kappa shape index (κ3) is 3.49. The predicted molar refractivity (Wildman–Crippen MR) is 82.7 cm³/mol. The number of halogens is 1. The van der Waals surface area contributed by atoms with E-state index in [9.17, 15) is 4.39 Å². The van der Waals surface area contributed by atoms with E-state index in [-0.39, 0.29) is 11.9 Å². The second-order valence-electron chi connectivity index (χ2n) is 5.53. The maximum Gasteiger partial charge on any atom is 0.128 e. The molecule has 1 aromatic carbocycles. The summed E-state index contributed by atoms with van der Waals surface area (Å²) in [5.74, 6) is -0.121. The fraction of sp³-hybridized carbons (Fsp3) is 0.625. The molecule has 1 aromatic rings. The molecule has 1 unspecified atom stereocenters. The fourth-order valence-electron chi connectivity index (χ4n) is 2.76. The Kier molecular flexibility index (Phi) is 5.38. The summed E-state index contributed by atoms with van der Waals surface area (Å²) in [4.78, 5) is 4.72. The van der Waals surface area contributed by atoms with Crippen molar-refractivity contribution < 1.29 is 4.39 Å². The number of nitrogens with two attached hydrogens (primary N) is 1. The van der Waals surface area contributed by atoms with Crippen molar-refractivity contribution in [3.8, 4) is 0 Å². The molecule has 0 bridgehead atoms. The minimum Gasteiger partial charge on any atom is -0.369 e. The standard InChI is InChI=1S/C16H26FN3/c1-3-13(18)12-14-15(17)6-5-7-16(14)20-10-8-19(4-2)9-11-20/h5-7,13H,3-4,8-12,18H2,1-2H3. The van der Waals surface area contributed by atoms with Crippen molar-refractivity contribution in [2.24, 2.45) is 5.73 Å². The summed E-state index contributed by atoms with van der Waals surface area (Å²) in [6.07, 6.45) is 1.49. The van der Waals surface area contributed by atoms with Crippen molar-refractivity contribution in [2.45, 2.75) is 32.7 Å². The first-order valence-electron chi connectivity index (χ1n) is 7.66. The van der Waals surface area contributed by atoms with E-state index >= 15 is 0 Å². The van der Waals surface area contributed by atoms with Crippen LogP contribution in [-0.2, 0) is 6.42 Å². The Morgan fingerprint density at radius 2 is 1.90 bits per heavy atom. The smallest absolute Gasteiger partial charge is 0.128 e. The molecule has 1 saturated heterocycles. The van der Waals surface area contributed by atoms with E-state index in [2.05, 4.69) is 16.7 Å². The van der Waals surface area contributed by atoms with Crippen LogP contribution in [0.1, 0.15) is 25.8 Å². The highest BCUT2D eigenvalue weighted by atomic mass is 19.1. The van der Waals surface area contributed by atoms with Gasteiger partial charge < -0.3 is 15.5 Å². The van der Waals surface area contributed by atoms with Gasteiger partial charge in [0.15, 0.2) is 0 Å². The molecule has 1 aliphatic heterocycles. The minimum atomic E-state index is -0.121. The van der Waals surface area contributed by atoms with E-state index in [1.54, 1.807) is 12.1 Å². The summed E-state index contributed by atoms with van der Waals surface area (Å²) in [5, 5.41) is 0. The maximum atomic E-state index is 14.2. The maximum absolute atomic E-state index is 14.2. The van der Waals surface area contributed by atoms with Crippen molar-refractivity contribution in [2.75, 3.05) is 37.6 Å². The first kappa shape index (κ1) is 15.3. The van der Waals surface area contributed by atoms with Gasteiger partial charge in [0.25, 0.3) is 0 Å². The van der Waals surface area contributed by atoms with Crippen LogP contribution in [0.3, 0.4) is 0 Å². The van der Waals surface area contributed by atoms with Crippen LogP contribution in [0.25, 0.3) is 0 Å². The number of hydrogen-bond acceptors (Lipinski definition) is 3. The van der Waals surface area contributed by atoms with Gasteiger partial charge in [-0.25, -0.2) is 4.39 Å². The SMILES string of the molecule is CCC(N)Cc1c(F)cccc1N1CCN(CC)CC1. The van der Waals surface area contributed by atoms with Crippen molar-refractivity contribution in [3.63, 3.8) is 0 Å². The molecule has 0 aliphatic carbocycles. The predicted octanol–water partition coefficient (Wildman–Crippen LogP) is 2.25. The number of piperazine rings is 1. The minimum absolute atomic E-state index is 0.0302. The Balaban J connectivity index is 2.17. The molecule has 0 radical (unpaired) electrons. The topological polar surface area (TPSA) is 32.5 Å². The number of nitrogens with zero attached hydrogens (tertiary/aromatic N) is 2. The normalized spacial score (nSPS) is 18.3. The first-order chi connectivity index (χ1) is 9.65. The summed E-state index contributed by atoms with van der Waals surface area (Å²) >= 11 is 0. The van der Waals surface area contributed by atoms with E-state index in [1.165, 1.54) is 0 Å². The zero-order chi connectivity index (χ0) is 14.5. The monoisotopic (exact) mass is 279 g/mol. The summed E-state index contributed by atoms with van der Waals surface area (Å²) in [7, 11) is 0. The highest BCUT2D eigenvalue weighted by molar-refractivity contribution is 5.55. The van der Waals surface area contributed by atoms with E-state index in [1.807, 2.05) is 13.0 Å². The lowest BCUT2D eigenvalue weighted by molar-refractivity contribution is 0.271. The number of benzene rings is 1. The number of rotatable bonds is 5. The lowest BCUT2D eigenvalue weighted by Gasteiger charge is -2.36. The van der Waals surface area contributed by atoms with E-state index in [0.29, 0.717) is 6.42 Å². The molecule has 3 nitrogen and oxygen atoms in total. The largest absolute Gasteiger partial charge is 0.369 e. The van der Waals surface area contributed by atoms with Crippen LogP contribution in [0.5, 0.6) is 0 Å². The second kappa shape index (κ2) is 7.04. The molecule has 1 fully saturated rings. The van der Waals surface area contributed by atoms with Crippen LogP contribution in [0.15, 0.2) is 18.2 Å². The molecule has 1 aliphatic rings. The lowest BCUT2D eigenvalue weighted by Crippen LogP contribution is -2.46. The van der Waals surface area contributed by atoms with Gasteiger partial charge in [0.1, 0.15) is 5.82 Å². The zero-order valence-electron chi connectivity index (χ0n) is 12.6. The van der Waals surface area contributed by atoms with Crippen LogP contribution in [0, 0.1) is 5.82 Å². The lowest BCUT2D eigenvalue weighted by atomic mass is 10.0. The molecule has 0 amide bonds. The first-order valence-corrected chi connectivity index (χ1v) is 7.66. The fourth-order valence-corrected chi connectivity index (χ4v) is 2.76. The molecule has 4 heteroatoms. The van der Waals surface area contributed by atoms with Gasteiger partial charge in [-0.15, -0.1) is 0 Å². The summed E-state index contributed by atoms with van der Waals surface area (Å²) in [6.45, 7) is 9.34. The van der Waals surface area contributed by atoms with Crippen LogP contribution in [0.4, 0.5) is 10.1 Å². The molecule has 2 rings (SSSR count). The third-order valence-electron chi connectivity index (χ3n) is 4.25. The summed E-state index contributed by atoms with van der Waals surface area (Å²) in [6, 6.07) is 5.41. The van der Waals surface area contributed by atoms with Crippen molar-refractivity contribution in [3.05, 3.63) is 29.6 Å². The Bertz CT molecular complexity index is 428.